The van der Waals surface area contributed by atoms with Crippen LogP contribution in [0.5, 0.6) is 0 Å². The Morgan fingerprint density at radius 2 is 1.29 bits per heavy atom. The molecule has 4 heteroatoms. The van der Waals surface area contributed by atoms with E-state index in [0.717, 1.165) is 4.47 Å². The standard InChI is InChI=1S/C27H22BrNO2/c1-14(2)15-7-12-20-21(13-15)23-19-6-4-3-5-18(19)22(20)24-25(23)27(31)29(26(24)30)17-10-8-16(28)9-11-17/h3-14,22-25H,1-2H3. The van der Waals surface area contributed by atoms with E-state index in [1.807, 2.05) is 36.4 Å². The first kappa shape index (κ1) is 19.0. The number of anilines is 1. The SMILES string of the molecule is CC(C)c1ccc2c(c1)C1c3ccccc3C2C2C(=O)N(c3ccc(Br)cc3)C(=O)C12. The fraction of sp³-hybridized carbons (Fsp3) is 0.259. The molecule has 0 N–H and O–H groups in total. The van der Waals surface area contributed by atoms with E-state index in [1.54, 1.807) is 0 Å². The average Bonchev–Trinajstić information content (AvgIpc) is 3.05. The Hall–Kier alpha value is -2.72. The molecule has 0 saturated carbocycles. The van der Waals surface area contributed by atoms with Gasteiger partial charge in [-0.2, -0.15) is 0 Å². The minimum Gasteiger partial charge on any atom is -0.274 e. The predicted octanol–water partition coefficient (Wildman–Crippen LogP) is 5.97. The molecule has 3 aromatic carbocycles. The van der Waals surface area contributed by atoms with Crippen LogP contribution < -0.4 is 4.90 Å². The van der Waals surface area contributed by atoms with Crippen molar-refractivity contribution in [1.29, 1.82) is 0 Å². The molecule has 3 aromatic rings. The first-order chi connectivity index (χ1) is 15.0. The van der Waals surface area contributed by atoms with Crippen LogP contribution in [0.3, 0.4) is 0 Å². The summed E-state index contributed by atoms with van der Waals surface area (Å²) >= 11 is 3.44. The molecular weight excluding hydrogens is 450 g/mol. The lowest BCUT2D eigenvalue weighted by atomic mass is 9.54. The highest BCUT2D eigenvalue weighted by Gasteiger charge is 2.61. The smallest absolute Gasteiger partial charge is 0.238 e. The van der Waals surface area contributed by atoms with E-state index >= 15 is 0 Å². The van der Waals surface area contributed by atoms with Gasteiger partial charge in [-0.1, -0.05) is 72.2 Å². The minimum atomic E-state index is -0.342. The number of amides is 2. The van der Waals surface area contributed by atoms with E-state index in [-0.39, 0.29) is 35.5 Å². The number of carbonyl (C=O) groups is 2. The van der Waals surface area contributed by atoms with Crippen LogP contribution in [0.4, 0.5) is 5.69 Å². The second-order valence-electron chi connectivity index (χ2n) is 9.17. The van der Waals surface area contributed by atoms with Crippen molar-refractivity contribution in [3.8, 4) is 0 Å². The van der Waals surface area contributed by atoms with Crippen molar-refractivity contribution in [2.24, 2.45) is 11.8 Å². The van der Waals surface area contributed by atoms with Crippen LogP contribution in [0.2, 0.25) is 0 Å². The number of carbonyl (C=O) groups excluding carboxylic acids is 2. The maximum Gasteiger partial charge on any atom is 0.238 e. The monoisotopic (exact) mass is 471 g/mol. The van der Waals surface area contributed by atoms with Crippen LogP contribution >= 0.6 is 15.9 Å². The summed E-state index contributed by atoms with van der Waals surface area (Å²) in [6, 6.07) is 22.5. The van der Waals surface area contributed by atoms with Gasteiger partial charge in [0.2, 0.25) is 11.8 Å². The zero-order valence-corrected chi connectivity index (χ0v) is 19.0. The minimum absolute atomic E-state index is 0.0672. The van der Waals surface area contributed by atoms with Crippen molar-refractivity contribution in [2.45, 2.75) is 31.6 Å². The van der Waals surface area contributed by atoms with E-state index in [4.69, 9.17) is 0 Å². The second kappa shape index (κ2) is 6.64. The summed E-state index contributed by atoms with van der Waals surface area (Å²) in [6.07, 6.45) is 0. The number of hydrogen-bond acceptors (Lipinski definition) is 2. The Kier molecular flexibility index (Phi) is 4.07. The number of nitrogens with zero attached hydrogens (tertiary/aromatic N) is 1. The first-order valence-corrected chi connectivity index (χ1v) is 11.6. The summed E-state index contributed by atoms with van der Waals surface area (Å²) in [6.45, 7) is 4.39. The molecule has 0 radical (unpaired) electrons. The fourth-order valence-electron chi connectivity index (χ4n) is 5.95. The van der Waals surface area contributed by atoms with Gasteiger partial charge < -0.3 is 0 Å². The van der Waals surface area contributed by atoms with Gasteiger partial charge in [0.15, 0.2) is 0 Å². The molecule has 1 fully saturated rings. The number of rotatable bonds is 2. The van der Waals surface area contributed by atoms with Gasteiger partial charge in [0.25, 0.3) is 0 Å². The molecule has 4 aliphatic rings. The van der Waals surface area contributed by atoms with Gasteiger partial charge in [-0.15, -0.1) is 0 Å². The maximum absolute atomic E-state index is 13.8. The summed E-state index contributed by atoms with van der Waals surface area (Å²) in [5.74, 6) is -0.546. The third-order valence-electron chi connectivity index (χ3n) is 7.31. The number of hydrogen-bond donors (Lipinski definition) is 0. The Balaban J connectivity index is 1.56. The lowest BCUT2D eigenvalue weighted by Gasteiger charge is -2.46. The van der Waals surface area contributed by atoms with Crippen LogP contribution in [0.25, 0.3) is 0 Å². The Morgan fingerprint density at radius 3 is 1.87 bits per heavy atom. The third-order valence-corrected chi connectivity index (χ3v) is 7.84. The van der Waals surface area contributed by atoms with Crippen LogP contribution in [0.15, 0.2) is 71.2 Å². The largest absolute Gasteiger partial charge is 0.274 e. The van der Waals surface area contributed by atoms with Crippen LogP contribution in [-0.2, 0) is 9.59 Å². The molecule has 3 nitrogen and oxygen atoms in total. The molecule has 1 saturated heterocycles. The number of halogens is 1. The molecule has 4 unspecified atom stereocenters. The summed E-state index contributed by atoms with van der Waals surface area (Å²) < 4.78 is 0.925. The van der Waals surface area contributed by atoms with E-state index in [0.29, 0.717) is 11.6 Å². The van der Waals surface area contributed by atoms with Gasteiger partial charge in [-0.05, 0) is 58.0 Å². The highest BCUT2D eigenvalue weighted by Crippen LogP contribution is 2.61. The normalized spacial score (nSPS) is 25.6. The van der Waals surface area contributed by atoms with Crippen molar-refractivity contribution < 1.29 is 9.59 Å². The summed E-state index contributed by atoms with van der Waals surface area (Å²) in [7, 11) is 0. The van der Waals surface area contributed by atoms with E-state index in [2.05, 4.69) is 60.1 Å². The summed E-state index contributed by atoms with van der Waals surface area (Å²) in [5.41, 5.74) is 6.80. The van der Waals surface area contributed by atoms with E-state index in [9.17, 15) is 9.59 Å². The maximum atomic E-state index is 13.8. The Labute approximate surface area is 190 Å². The average molecular weight is 472 g/mol. The molecule has 31 heavy (non-hydrogen) atoms. The topological polar surface area (TPSA) is 37.4 Å². The van der Waals surface area contributed by atoms with Gasteiger partial charge in [0, 0.05) is 16.3 Å². The Morgan fingerprint density at radius 1 is 0.742 bits per heavy atom. The lowest BCUT2D eigenvalue weighted by molar-refractivity contribution is -0.122. The fourth-order valence-corrected chi connectivity index (χ4v) is 6.21. The van der Waals surface area contributed by atoms with E-state index in [1.165, 1.54) is 32.7 Å². The molecule has 7 rings (SSSR count). The number of benzene rings is 3. The highest BCUT2D eigenvalue weighted by atomic mass is 79.9. The zero-order valence-electron chi connectivity index (χ0n) is 17.4. The molecule has 0 aromatic heterocycles. The molecule has 2 bridgehead atoms. The molecular formula is C27H22BrNO2. The quantitative estimate of drug-likeness (QED) is 0.431. The van der Waals surface area contributed by atoms with Crippen molar-refractivity contribution in [3.05, 3.63) is 99.0 Å². The second-order valence-corrected chi connectivity index (χ2v) is 10.1. The number of imide groups is 1. The van der Waals surface area contributed by atoms with Crippen LogP contribution in [-0.4, -0.2) is 11.8 Å². The molecule has 4 atom stereocenters. The third kappa shape index (κ3) is 2.51. The molecule has 3 aliphatic carbocycles. The lowest BCUT2D eigenvalue weighted by Crippen LogP contribution is -2.41. The van der Waals surface area contributed by atoms with Crippen molar-refractivity contribution >= 4 is 33.4 Å². The first-order valence-electron chi connectivity index (χ1n) is 10.8. The van der Waals surface area contributed by atoms with Crippen LogP contribution in [0.1, 0.15) is 59.4 Å². The van der Waals surface area contributed by atoms with Crippen LogP contribution in [0, 0.1) is 11.8 Å². The van der Waals surface area contributed by atoms with Gasteiger partial charge in [0.1, 0.15) is 0 Å². The van der Waals surface area contributed by atoms with Gasteiger partial charge in [0.05, 0.1) is 17.5 Å². The molecule has 0 spiro atoms. The molecule has 1 aliphatic heterocycles. The van der Waals surface area contributed by atoms with Crippen molar-refractivity contribution in [1.82, 2.24) is 0 Å². The van der Waals surface area contributed by atoms with Gasteiger partial charge >= 0.3 is 0 Å². The Bertz CT molecular complexity index is 1250. The van der Waals surface area contributed by atoms with Gasteiger partial charge in [-0.3, -0.25) is 9.59 Å². The summed E-state index contributed by atoms with van der Waals surface area (Å²) in [4.78, 5) is 28.9. The molecule has 154 valence electrons. The predicted molar refractivity (Wildman–Crippen MR) is 124 cm³/mol. The van der Waals surface area contributed by atoms with Gasteiger partial charge in [-0.25, -0.2) is 4.90 Å². The zero-order chi connectivity index (χ0) is 21.4. The van der Waals surface area contributed by atoms with E-state index < -0.39 is 0 Å². The molecule has 1 heterocycles. The van der Waals surface area contributed by atoms with Crippen molar-refractivity contribution in [2.75, 3.05) is 4.90 Å². The highest BCUT2D eigenvalue weighted by molar-refractivity contribution is 9.10. The summed E-state index contributed by atoms with van der Waals surface area (Å²) in [5, 5.41) is 0. The van der Waals surface area contributed by atoms with Crippen molar-refractivity contribution in [3.63, 3.8) is 0 Å². The molecule has 2 amide bonds.